The topological polar surface area (TPSA) is 17.0 Å². The van der Waals surface area contributed by atoms with Gasteiger partial charge in [0.25, 0.3) is 0 Å². The maximum absolute atomic E-state index is 3.59. The molecule has 2 nitrogen and oxygen atoms in total. The van der Waals surface area contributed by atoms with Crippen LogP contribution in [-0.2, 0) is 13.1 Å². The first-order valence-electron chi connectivity index (χ1n) is 8.11. The van der Waals surface area contributed by atoms with Crippen molar-refractivity contribution in [1.29, 1.82) is 0 Å². The predicted molar refractivity (Wildman–Crippen MR) is 85.9 cm³/mol. The van der Waals surface area contributed by atoms with Crippen LogP contribution < -0.4 is 5.32 Å². The molecule has 0 aliphatic heterocycles. The number of hydrogen-bond donors (Lipinski definition) is 1. The lowest BCUT2D eigenvalue weighted by Crippen LogP contribution is -2.15. The van der Waals surface area contributed by atoms with Crippen molar-refractivity contribution < 1.29 is 0 Å². The van der Waals surface area contributed by atoms with Crippen LogP contribution >= 0.6 is 0 Å². The fraction of sp³-hybridized carbons (Fsp3) is 0.556. The Balaban J connectivity index is 1.74. The van der Waals surface area contributed by atoms with Crippen LogP contribution in [0, 0.1) is 5.92 Å². The Labute approximate surface area is 122 Å². The smallest absolute Gasteiger partial charge is 0.0480 e. The third-order valence-electron chi connectivity index (χ3n) is 4.62. The largest absolute Gasteiger partial charge is 0.347 e. The van der Waals surface area contributed by atoms with E-state index in [0.717, 1.165) is 25.0 Å². The molecule has 1 N–H and O–H groups in total. The van der Waals surface area contributed by atoms with Crippen LogP contribution in [0.15, 0.2) is 30.5 Å². The first-order chi connectivity index (χ1) is 9.80. The van der Waals surface area contributed by atoms with Gasteiger partial charge in [0.15, 0.2) is 0 Å². The fourth-order valence-electron chi connectivity index (χ4n) is 2.89. The Morgan fingerprint density at radius 3 is 2.70 bits per heavy atom. The van der Waals surface area contributed by atoms with E-state index >= 15 is 0 Å². The Bertz CT molecular complexity index is 562. The molecule has 0 atom stereocenters. The lowest BCUT2D eigenvalue weighted by Gasteiger charge is -2.14. The molecule has 1 aromatic heterocycles. The first kappa shape index (κ1) is 13.7. The molecule has 2 aromatic rings. The van der Waals surface area contributed by atoms with Gasteiger partial charge in [0, 0.05) is 30.8 Å². The van der Waals surface area contributed by atoms with Crippen LogP contribution in [0.2, 0.25) is 0 Å². The average Bonchev–Trinajstić information content (AvgIpc) is 3.23. The quantitative estimate of drug-likeness (QED) is 0.792. The molecule has 3 rings (SSSR count). The van der Waals surface area contributed by atoms with E-state index in [1.807, 2.05) is 0 Å². The number of hydrogen-bond acceptors (Lipinski definition) is 1. The SMILES string of the molecule is CCC(CC)Cn1ccc2cc(CNC3CC3)ccc21. The summed E-state index contributed by atoms with van der Waals surface area (Å²) in [6.45, 7) is 6.75. The summed E-state index contributed by atoms with van der Waals surface area (Å²) >= 11 is 0. The van der Waals surface area contributed by atoms with Crippen LogP contribution in [0.25, 0.3) is 10.9 Å². The van der Waals surface area contributed by atoms with E-state index in [4.69, 9.17) is 0 Å². The van der Waals surface area contributed by atoms with Crippen molar-refractivity contribution in [2.24, 2.45) is 5.92 Å². The molecular formula is C18H26N2. The maximum Gasteiger partial charge on any atom is 0.0480 e. The molecule has 1 heterocycles. The van der Waals surface area contributed by atoms with Crippen molar-refractivity contribution in [1.82, 2.24) is 9.88 Å². The molecular weight excluding hydrogens is 244 g/mol. The molecule has 0 saturated heterocycles. The van der Waals surface area contributed by atoms with Crippen molar-refractivity contribution in [2.75, 3.05) is 0 Å². The van der Waals surface area contributed by atoms with Gasteiger partial charge in [-0.3, -0.25) is 0 Å². The molecule has 0 radical (unpaired) electrons. The molecule has 1 aliphatic rings. The second-order valence-corrected chi connectivity index (χ2v) is 6.20. The van der Waals surface area contributed by atoms with Gasteiger partial charge < -0.3 is 9.88 Å². The summed E-state index contributed by atoms with van der Waals surface area (Å²) in [4.78, 5) is 0. The Kier molecular flexibility index (Phi) is 4.11. The summed E-state index contributed by atoms with van der Waals surface area (Å²) in [5.41, 5.74) is 2.79. The maximum atomic E-state index is 3.59. The number of benzene rings is 1. The van der Waals surface area contributed by atoms with Crippen molar-refractivity contribution in [3.63, 3.8) is 0 Å². The number of nitrogens with zero attached hydrogens (tertiary/aromatic N) is 1. The highest BCUT2D eigenvalue weighted by molar-refractivity contribution is 5.80. The molecule has 1 aromatic carbocycles. The normalized spacial score (nSPS) is 15.3. The van der Waals surface area contributed by atoms with Gasteiger partial charge in [-0.25, -0.2) is 0 Å². The van der Waals surface area contributed by atoms with E-state index in [1.165, 1.54) is 42.1 Å². The Morgan fingerprint density at radius 1 is 1.20 bits per heavy atom. The van der Waals surface area contributed by atoms with Gasteiger partial charge in [0.05, 0.1) is 0 Å². The summed E-state index contributed by atoms with van der Waals surface area (Å²) in [7, 11) is 0. The van der Waals surface area contributed by atoms with Gasteiger partial charge in [0.1, 0.15) is 0 Å². The van der Waals surface area contributed by atoms with Gasteiger partial charge >= 0.3 is 0 Å². The zero-order valence-corrected chi connectivity index (χ0v) is 12.7. The van der Waals surface area contributed by atoms with E-state index in [2.05, 4.69) is 54.2 Å². The molecule has 108 valence electrons. The van der Waals surface area contributed by atoms with Crippen molar-refractivity contribution in [3.8, 4) is 0 Å². The minimum atomic E-state index is 0.783. The minimum absolute atomic E-state index is 0.783. The molecule has 1 fully saturated rings. The Morgan fingerprint density at radius 2 is 2.00 bits per heavy atom. The van der Waals surface area contributed by atoms with Crippen molar-refractivity contribution in [2.45, 2.75) is 58.7 Å². The molecule has 2 heteroatoms. The van der Waals surface area contributed by atoms with Crippen LogP contribution in [0.3, 0.4) is 0 Å². The van der Waals surface area contributed by atoms with E-state index in [0.29, 0.717) is 0 Å². The second-order valence-electron chi connectivity index (χ2n) is 6.20. The summed E-state index contributed by atoms with van der Waals surface area (Å²) in [6, 6.07) is 9.96. The molecule has 1 aliphatic carbocycles. The zero-order chi connectivity index (χ0) is 13.9. The van der Waals surface area contributed by atoms with Gasteiger partial charge in [0.2, 0.25) is 0 Å². The second kappa shape index (κ2) is 6.01. The van der Waals surface area contributed by atoms with E-state index in [-0.39, 0.29) is 0 Å². The lowest BCUT2D eigenvalue weighted by atomic mass is 10.0. The van der Waals surface area contributed by atoms with Gasteiger partial charge in [-0.05, 0) is 47.9 Å². The van der Waals surface area contributed by atoms with Crippen LogP contribution in [0.1, 0.15) is 45.1 Å². The number of nitrogens with one attached hydrogen (secondary N) is 1. The molecule has 0 spiro atoms. The molecule has 0 amide bonds. The molecule has 0 unspecified atom stereocenters. The number of aromatic nitrogens is 1. The summed E-state index contributed by atoms with van der Waals surface area (Å²) in [6.07, 6.45) is 7.49. The van der Waals surface area contributed by atoms with Gasteiger partial charge in [-0.2, -0.15) is 0 Å². The zero-order valence-electron chi connectivity index (χ0n) is 12.7. The van der Waals surface area contributed by atoms with E-state index in [9.17, 15) is 0 Å². The highest BCUT2D eigenvalue weighted by atomic mass is 15.0. The molecule has 0 bridgehead atoms. The number of rotatable bonds is 7. The lowest BCUT2D eigenvalue weighted by molar-refractivity contribution is 0.425. The molecule has 1 saturated carbocycles. The molecule has 20 heavy (non-hydrogen) atoms. The van der Waals surface area contributed by atoms with Gasteiger partial charge in [-0.1, -0.05) is 32.8 Å². The van der Waals surface area contributed by atoms with E-state index < -0.39 is 0 Å². The monoisotopic (exact) mass is 270 g/mol. The summed E-state index contributed by atoms with van der Waals surface area (Å²) in [5, 5.41) is 4.97. The van der Waals surface area contributed by atoms with Crippen molar-refractivity contribution >= 4 is 10.9 Å². The third kappa shape index (κ3) is 3.06. The summed E-state index contributed by atoms with van der Waals surface area (Å²) in [5.74, 6) is 0.793. The van der Waals surface area contributed by atoms with Crippen LogP contribution in [0.4, 0.5) is 0 Å². The van der Waals surface area contributed by atoms with Crippen LogP contribution in [0.5, 0.6) is 0 Å². The average molecular weight is 270 g/mol. The first-order valence-corrected chi connectivity index (χ1v) is 8.11. The predicted octanol–water partition coefficient (Wildman–Crippen LogP) is 4.33. The standard InChI is InChI=1S/C18H26N2/c1-3-14(4-2)13-20-10-9-16-11-15(5-8-18(16)20)12-19-17-6-7-17/h5,8-11,14,17,19H,3-4,6-7,12-13H2,1-2H3. The minimum Gasteiger partial charge on any atom is -0.347 e. The Hall–Kier alpha value is -1.28. The summed E-state index contributed by atoms with van der Waals surface area (Å²) < 4.78 is 2.42. The van der Waals surface area contributed by atoms with Crippen LogP contribution in [-0.4, -0.2) is 10.6 Å². The highest BCUT2D eigenvalue weighted by Gasteiger charge is 2.19. The fourth-order valence-corrected chi connectivity index (χ4v) is 2.89. The van der Waals surface area contributed by atoms with Gasteiger partial charge in [-0.15, -0.1) is 0 Å². The van der Waals surface area contributed by atoms with E-state index in [1.54, 1.807) is 0 Å². The number of fused-ring (bicyclic) bond motifs is 1. The highest BCUT2D eigenvalue weighted by Crippen LogP contribution is 2.22. The van der Waals surface area contributed by atoms with Crippen molar-refractivity contribution in [3.05, 3.63) is 36.0 Å². The third-order valence-corrected chi connectivity index (χ3v) is 4.62.